The molecule has 114 valence electrons. The Hall–Kier alpha value is -1.39. The zero-order valence-electron chi connectivity index (χ0n) is 12.9. The molecule has 0 radical (unpaired) electrons. The lowest BCUT2D eigenvalue weighted by atomic mass is 10.3. The van der Waals surface area contributed by atoms with E-state index < -0.39 is 0 Å². The Morgan fingerprint density at radius 2 is 2.05 bits per heavy atom. The molecule has 0 amide bonds. The Kier molecular flexibility index (Phi) is 4.88. The second-order valence-corrected chi connectivity index (χ2v) is 5.68. The van der Waals surface area contributed by atoms with Crippen LogP contribution in [0.2, 0.25) is 0 Å². The number of hydrogen-bond acceptors (Lipinski definition) is 3. The van der Waals surface area contributed by atoms with Gasteiger partial charge in [-0.2, -0.15) is 0 Å². The van der Waals surface area contributed by atoms with Gasteiger partial charge in [0.25, 0.3) is 0 Å². The van der Waals surface area contributed by atoms with Gasteiger partial charge in [0.1, 0.15) is 5.82 Å². The predicted molar refractivity (Wildman–Crippen MR) is 85.6 cm³/mol. The maximum atomic E-state index is 5.51. The lowest BCUT2D eigenvalue weighted by molar-refractivity contribution is 0.141. The van der Waals surface area contributed by atoms with Gasteiger partial charge in [-0.15, -0.1) is 0 Å². The van der Waals surface area contributed by atoms with Gasteiger partial charge < -0.3 is 14.2 Å². The van der Waals surface area contributed by atoms with E-state index >= 15 is 0 Å². The fourth-order valence-electron chi connectivity index (χ4n) is 3.12. The van der Waals surface area contributed by atoms with Crippen LogP contribution in [-0.4, -0.2) is 47.3 Å². The summed E-state index contributed by atoms with van der Waals surface area (Å²) in [6.45, 7) is 8.44. The lowest BCUT2D eigenvalue weighted by Gasteiger charge is -2.19. The van der Waals surface area contributed by atoms with Crippen molar-refractivity contribution in [2.75, 3.05) is 32.8 Å². The van der Waals surface area contributed by atoms with Gasteiger partial charge in [-0.1, -0.05) is 19.1 Å². The van der Waals surface area contributed by atoms with Crippen molar-refractivity contribution in [3.63, 3.8) is 0 Å². The monoisotopic (exact) mass is 287 g/mol. The molecule has 4 nitrogen and oxygen atoms in total. The van der Waals surface area contributed by atoms with E-state index in [2.05, 4.69) is 40.7 Å². The summed E-state index contributed by atoms with van der Waals surface area (Å²) >= 11 is 0. The third-order valence-corrected chi connectivity index (χ3v) is 4.22. The Morgan fingerprint density at radius 1 is 1.14 bits per heavy atom. The molecule has 0 saturated carbocycles. The van der Waals surface area contributed by atoms with Crippen molar-refractivity contribution in [3.05, 3.63) is 30.1 Å². The molecule has 4 heteroatoms. The molecule has 1 fully saturated rings. The molecule has 1 saturated heterocycles. The van der Waals surface area contributed by atoms with Crippen LogP contribution in [0.5, 0.6) is 0 Å². The van der Waals surface area contributed by atoms with E-state index in [0.717, 1.165) is 51.2 Å². The van der Waals surface area contributed by atoms with E-state index in [-0.39, 0.29) is 0 Å². The quantitative estimate of drug-likeness (QED) is 0.847. The van der Waals surface area contributed by atoms with Gasteiger partial charge in [0.05, 0.1) is 17.6 Å². The SMILES string of the molecule is CCc1nc2ccccc2n1CCCN1CCCOCC1. The van der Waals surface area contributed by atoms with Crippen LogP contribution in [0.25, 0.3) is 11.0 Å². The van der Waals surface area contributed by atoms with Crippen molar-refractivity contribution in [1.29, 1.82) is 0 Å². The normalized spacial score (nSPS) is 17.2. The van der Waals surface area contributed by atoms with Crippen molar-refractivity contribution in [2.24, 2.45) is 0 Å². The molecular weight excluding hydrogens is 262 g/mol. The average molecular weight is 287 g/mol. The second kappa shape index (κ2) is 7.05. The number of imidazole rings is 1. The summed E-state index contributed by atoms with van der Waals surface area (Å²) in [5.41, 5.74) is 2.39. The van der Waals surface area contributed by atoms with Crippen LogP contribution in [0, 0.1) is 0 Å². The van der Waals surface area contributed by atoms with Crippen LogP contribution in [0.4, 0.5) is 0 Å². The third-order valence-electron chi connectivity index (χ3n) is 4.22. The number of ether oxygens (including phenoxy) is 1. The fraction of sp³-hybridized carbons (Fsp3) is 0.588. The molecule has 0 aliphatic carbocycles. The van der Waals surface area contributed by atoms with Crippen molar-refractivity contribution in [1.82, 2.24) is 14.5 Å². The summed E-state index contributed by atoms with van der Waals surface area (Å²) in [4.78, 5) is 7.27. The Morgan fingerprint density at radius 3 is 2.95 bits per heavy atom. The largest absolute Gasteiger partial charge is 0.380 e. The molecule has 1 aliphatic rings. The third kappa shape index (κ3) is 3.44. The highest BCUT2D eigenvalue weighted by atomic mass is 16.5. The van der Waals surface area contributed by atoms with Crippen molar-refractivity contribution in [2.45, 2.75) is 32.7 Å². The summed E-state index contributed by atoms with van der Waals surface area (Å²) in [6, 6.07) is 8.46. The van der Waals surface area contributed by atoms with Crippen molar-refractivity contribution in [3.8, 4) is 0 Å². The molecule has 0 bridgehead atoms. The molecule has 0 atom stereocenters. The van der Waals surface area contributed by atoms with Crippen LogP contribution < -0.4 is 0 Å². The number of rotatable bonds is 5. The fourth-order valence-corrected chi connectivity index (χ4v) is 3.12. The molecule has 21 heavy (non-hydrogen) atoms. The highest BCUT2D eigenvalue weighted by molar-refractivity contribution is 5.75. The minimum Gasteiger partial charge on any atom is -0.380 e. The Bertz CT molecular complexity index is 570. The van der Waals surface area contributed by atoms with Gasteiger partial charge in [0, 0.05) is 32.7 Å². The molecular formula is C17H25N3O. The van der Waals surface area contributed by atoms with Crippen molar-refractivity contribution >= 4 is 11.0 Å². The first kappa shape index (κ1) is 14.5. The molecule has 3 rings (SSSR count). The number of hydrogen-bond donors (Lipinski definition) is 0. The van der Waals surface area contributed by atoms with Gasteiger partial charge in [-0.25, -0.2) is 4.98 Å². The highest BCUT2D eigenvalue weighted by Crippen LogP contribution is 2.17. The first-order valence-corrected chi connectivity index (χ1v) is 8.12. The van der Waals surface area contributed by atoms with Gasteiger partial charge in [-0.05, 0) is 31.5 Å². The van der Waals surface area contributed by atoms with E-state index in [9.17, 15) is 0 Å². The van der Waals surface area contributed by atoms with Crippen LogP contribution >= 0.6 is 0 Å². The van der Waals surface area contributed by atoms with Gasteiger partial charge in [-0.3, -0.25) is 0 Å². The summed E-state index contributed by atoms with van der Waals surface area (Å²) in [6.07, 6.45) is 3.33. The second-order valence-electron chi connectivity index (χ2n) is 5.68. The predicted octanol–water partition coefficient (Wildman–Crippen LogP) is 2.71. The molecule has 1 aliphatic heterocycles. The lowest BCUT2D eigenvalue weighted by Crippen LogP contribution is -2.28. The molecule has 1 aromatic carbocycles. The van der Waals surface area contributed by atoms with Crippen LogP contribution in [0.3, 0.4) is 0 Å². The van der Waals surface area contributed by atoms with Crippen LogP contribution in [-0.2, 0) is 17.7 Å². The zero-order chi connectivity index (χ0) is 14.5. The van der Waals surface area contributed by atoms with Gasteiger partial charge in [0.15, 0.2) is 0 Å². The number of nitrogens with zero attached hydrogens (tertiary/aromatic N) is 3. The topological polar surface area (TPSA) is 30.3 Å². The molecule has 2 heterocycles. The summed E-state index contributed by atoms with van der Waals surface area (Å²) in [7, 11) is 0. The number of aromatic nitrogens is 2. The molecule has 2 aromatic rings. The smallest absolute Gasteiger partial charge is 0.109 e. The zero-order valence-corrected chi connectivity index (χ0v) is 12.9. The Balaban J connectivity index is 1.64. The van der Waals surface area contributed by atoms with E-state index in [1.165, 1.54) is 24.3 Å². The van der Waals surface area contributed by atoms with Crippen LogP contribution in [0.15, 0.2) is 24.3 Å². The van der Waals surface area contributed by atoms with E-state index in [4.69, 9.17) is 9.72 Å². The number of para-hydroxylation sites is 2. The first-order chi connectivity index (χ1) is 10.4. The van der Waals surface area contributed by atoms with Gasteiger partial charge >= 0.3 is 0 Å². The van der Waals surface area contributed by atoms with E-state index in [1.54, 1.807) is 0 Å². The van der Waals surface area contributed by atoms with E-state index in [1.807, 2.05) is 0 Å². The standard InChI is InChI=1S/C17H25N3O/c1-2-17-18-15-7-3-4-8-16(15)20(17)11-5-9-19-10-6-13-21-14-12-19/h3-4,7-8H,2,5-6,9-14H2,1H3. The molecule has 1 aromatic heterocycles. The summed E-state index contributed by atoms with van der Waals surface area (Å²) in [5.74, 6) is 1.20. The summed E-state index contributed by atoms with van der Waals surface area (Å²) < 4.78 is 7.91. The highest BCUT2D eigenvalue weighted by Gasteiger charge is 2.11. The minimum atomic E-state index is 0.883. The van der Waals surface area contributed by atoms with Crippen molar-refractivity contribution < 1.29 is 4.74 Å². The van der Waals surface area contributed by atoms with Crippen LogP contribution in [0.1, 0.15) is 25.6 Å². The number of fused-ring (bicyclic) bond motifs is 1. The number of benzene rings is 1. The Labute approximate surface area is 126 Å². The average Bonchev–Trinajstić information content (AvgIpc) is 2.69. The maximum absolute atomic E-state index is 5.51. The summed E-state index contributed by atoms with van der Waals surface area (Å²) in [5, 5.41) is 0. The molecule has 0 N–H and O–H groups in total. The number of aryl methyl sites for hydroxylation is 2. The molecule has 0 spiro atoms. The first-order valence-electron chi connectivity index (χ1n) is 8.12. The van der Waals surface area contributed by atoms with E-state index in [0.29, 0.717) is 0 Å². The van der Waals surface area contributed by atoms with Gasteiger partial charge in [0.2, 0.25) is 0 Å². The maximum Gasteiger partial charge on any atom is 0.109 e. The minimum absolute atomic E-state index is 0.883. The molecule has 0 unspecified atom stereocenters.